The first-order valence-electron chi connectivity index (χ1n) is 5.84. The zero-order valence-corrected chi connectivity index (χ0v) is 11.8. The minimum Gasteiger partial charge on any atom is -0.493 e. The summed E-state index contributed by atoms with van der Waals surface area (Å²) >= 11 is 3.50. The Labute approximate surface area is 107 Å². The lowest BCUT2D eigenvalue weighted by Gasteiger charge is -2.17. The largest absolute Gasteiger partial charge is 0.493 e. The molecule has 2 nitrogen and oxygen atoms in total. The second-order valence-corrected chi connectivity index (χ2v) is 4.73. The van der Waals surface area contributed by atoms with Crippen LogP contribution in [-0.4, -0.2) is 13.2 Å². The summed E-state index contributed by atoms with van der Waals surface area (Å²) in [5, 5.41) is 3.40. The van der Waals surface area contributed by atoms with Gasteiger partial charge in [-0.15, -0.1) is 0 Å². The van der Waals surface area contributed by atoms with Crippen molar-refractivity contribution in [3.63, 3.8) is 0 Å². The Hall–Kier alpha value is -0.540. The van der Waals surface area contributed by atoms with Crippen molar-refractivity contribution >= 4 is 15.9 Å². The van der Waals surface area contributed by atoms with Gasteiger partial charge >= 0.3 is 0 Å². The molecule has 3 heteroatoms. The summed E-state index contributed by atoms with van der Waals surface area (Å²) in [5.74, 6) is 0.985. The van der Waals surface area contributed by atoms with Crippen LogP contribution in [0, 0.1) is 0 Å². The van der Waals surface area contributed by atoms with Crippen molar-refractivity contribution in [1.82, 2.24) is 5.32 Å². The fourth-order valence-electron chi connectivity index (χ4n) is 1.62. The van der Waals surface area contributed by atoms with Crippen molar-refractivity contribution in [2.24, 2.45) is 0 Å². The number of ether oxygens (including phenoxy) is 1. The molecule has 16 heavy (non-hydrogen) atoms. The Morgan fingerprint density at radius 3 is 2.75 bits per heavy atom. The molecule has 1 unspecified atom stereocenters. The molecule has 0 bridgehead atoms. The van der Waals surface area contributed by atoms with Crippen LogP contribution >= 0.6 is 15.9 Å². The van der Waals surface area contributed by atoms with Gasteiger partial charge in [-0.1, -0.05) is 29.8 Å². The van der Waals surface area contributed by atoms with Gasteiger partial charge in [-0.2, -0.15) is 0 Å². The summed E-state index contributed by atoms with van der Waals surface area (Å²) in [4.78, 5) is 0. The van der Waals surface area contributed by atoms with E-state index >= 15 is 0 Å². The first kappa shape index (κ1) is 13.5. The van der Waals surface area contributed by atoms with Crippen LogP contribution in [0.1, 0.15) is 38.8 Å². The van der Waals surface area contributed by atoms with Crippen LogP contribution in [-0.2, 0) is 0 Å². The summed E-state index contributed by atoms with van der Waals surface area (Å²) in [5.41, 5.74) is 1.21. The van der Waals surface area contributed by atoms with Gasteiger partial charge < -0.3 is 10.1 Å². The van der Waals surface area contributed by atoms with Crippen LogP contribution in [0.15, 0.2) is 22.7 Å². The fraction of sp³-hybridized carbons (Fsp3) is 0.538. The maximum Gasteiger partial charge on any atom is 0.124 e. The van der Waals surface area contributed by atoms with E-state index in [9.17, 15) is 0 Å². The van der Waals surface area contributed by atoms with Gasteiger partial charge in [0.25, 0.3) is 0 Å². The normalized spacial score (nSPS) is 12.5. The standard InChI is InChI=1S/C13H20BrNO/c1-4-8-16-13-7-6-11(14)9-12(13)10(3)15-5-2/h6-7,9-10,15H,4-5,8H2,1-3H3. The first-order valence-corrected chi connectivity index (χ1v) is 6.64. The second kappa shape index (κ2) is 6.92. The number of rotatable bonds is 6. The Morgan fingerprint density at radius 2 is 2.12 bits per heavy atom. The fourth-order valence-corrected chi connectivity index (χ4v) is 2.00. The Morgan fingerprint density at radius 1 is 1.38 bits per heavy atom. The minimum atomic E-state index is 0.314. The molecule has 0 aliphatic rings. The van der Waals surface area contributed by atoms with Gasteiger partial charge in [0.05, 0.1) is 6.61 Å². The molecular formula is C13H20BrNO. The molecule has 0 saturated heterocycles. The summed E-state index contributed by atoms with van der Waals surface area (Å²) in [6.45, 7) is 8.12. The van der Waals surface area contributed by atoms with Gasteiger partial charge in [0, 0.05) is 16.1 Å². The highest BCUT2D eigenvalue weighted by molar-refractivity contribution is 9.10. The highest BCUT2D eigenvalue weighted by Gasteiger charge is 2.11. The highest BCUT2D eigenvalue weighted by atomic mass is 79.9. The maximum atomic E-state index is 5.75. The van der Waals surface area contributed by atoms with Crippen molar-refractivity contribution in [2.75, 3.05) is 13.2 Å². The molecule has 0 saturated carbocycles. The van der Waals surface area contributed by atoms with Crippen LogP contribution in [0.4, 0.5) is 0 Å². The lowest BCUT2D eigenvalue weighted by molar-refractivity contribution is 0.311. The molecule has 1 aromatic carbocycles. The SMILES string of the molecule is CCCOc1ccc(Br)cc1C(C)NCC. The Bertz CT molecular complexity index is 328. The summed E-state index contributed by atoms with van der Waals surface area (Å²) in [7, 11) is 0. The van der Waals surface area contributed by atoms with Gasteiger partial charge in [0.15, 0.2) is 0 Å². The van der Waals surface area contributed by atoms with Crippen LogP contribution in [0.5, 0.6) is 5.75 Å². The molecule has 0 aromatic heterocycles. The quantitative estimate of drug-likeness (QED) is 0.856. The zero-order valence-electron chi connectivity index (χ0n) is 10.2. The van der Waals surface area contributed by atoms with Crippen molar-refractivity contribution in [1.29, 1.82) is 0 Å². The molecule has 1 rings (SSSR count). The van der Waals surface area contributed by atoms with E-state index in [4.69, 9.17) is 4.74 Å². The minimum absolute atomic E-state index is 0.314. The topological polar surface area (TPSA) is 21.3 Å². The summed E-state index contributed by atoms with van der Waals surface area (Å²) in [6.07, 6.45) is 1.03. The van der Waals surface area contributed by atoms with Crippen molar-refractivity contribution in [2.45, 2.75) is 33.2 Å². The van der Waals surface area contributed by atoms with Crippen LogP contribution in [0.2, 0.25) is 0 Å². The predicted molar refractivity (Wildman–Crippen MR) is 72.0 cm³/mol. The second-order valence-electron chi connectivity index (χ2n) is 3.81. The van der Waals surface area contributed by atoms with Crippen molar-refractivity contribution < 1.29 is 4.74 Å². The lowest BCUT2D eigenvalue weighted by atomic mass is 10.1. The van der Waals surface area contributed by atoms with Crippen LogP contribution in [0.3, 0.4) is 0 Å². The lowest BCUT2D eigenvalue weighted by Crippen LogP contribution is -2.18. The van der Waals surface area contributed by atoms with E-state index in [0.717, 1.165) is 29.8 Å². The third-order valence-corrected chi connectivity index (χ3v) is 2.90. The molecule has 1 N–H and O–H groups in total. The van der Waals surface area contributed by atoms with E-state index in [0.29, 0.717) is 6.04 Å². The number of hydrogen-bond donors (Lipinski definition) is 1. The molecule has 1 aromatic rings. The number of nitrogens with one attached hydrogen (secondary N) is 1. The molecule has 0 radical (unpaired) electrons. The van der Waals surface area contributed by atoms with E-state index in [1.54, 1.807) is 0 Å². The molecule has 0 heterocycles. The molecule has 0 fully saturated rings. The monoisotopic (exact) mass is 285 g/mol. The zero-order chi connectivity index (χ0) is 12.0. The average Bonchev–Trinajstić information content (AvgIpc) is 2.27. The van der Waals surface area contributed by atoms with Gasteiger partial charge in [-0.25, -0.2) is 0 Å². The smallest absolute Gasteiger partial charge is 0.124 e. The molecule has 90 valence electrons. The third-order valence-electron chi connectivity index (χ3n) is 2.41. The molecule has 0 amide bonds. The van der Waals surface area contributed by atoms with Gasteiger partial charge in [0.2, 0.25) is 0 Å². The van der Waals surface area contributed by atoms with E-state index in [1.165, 1.54) is 5.56 Å². The van der Waals surface area contributed by atoms with Crippen molar-refractivity contribution in [3.8, 4) is 5.75 Å². The van der Waals surface area contributed by atoms with E-state index in [-0.39, 0.29) is 0 Å². The van der Waals surface area contributed by atoms with Crippen molar-refractivity contribution in [3.05, 3.63) is 28.2 Å². The number of halogens is 1. The van der Waals surface area contributed by atoms with Crippen LogP contribution < -0.4 is 10.1 Å². The van der Waals surface area contributed by atoms with E-state index in [2.05, 4.69) is 48.1 Å². The molecule has 1 atom stereocenters. The molecule has 0 aliphatic carbocycles. The van der Waals surface area contributed by atoms with Gasteiger partial charge in [-0.05, 0) is 38.1 Å². The van der Waals surface area contributed by atoms with E-state index in [1.807, 2.05) is 12.1 Å². The summed E-state index contributed by atoms with van der Waals surface area (Å²) < 4.78 is 6.84. The molecule has 0 aliphatic heterocycles. The Balaban J connectivity index is 2.88. The highest BCUT2D eigenvalue weighted by Crippen LogP contribution is 2.28. The van der Waals surface area contributed by atoms with E-state index < -0.39 is 0 Å². The van der Waals surface area contributed by atoms with Gasteiger partial charge in [0.1, 0.15) is 5.75 Å². The summed E-state index contributed by atoms with van der Waals surface area (Å²) in [6, 6.07) is 6.49. The number of hydrogen-bond acceptors (Lipinski definition) is 2. The average molecular weight is 286 g/mol. The van der Waals surface area contributed by atoms with Crippen LogP contribution in [0.25, 0.3) is 0 Å². The molecule has 0 spiro atoms. The maximum absolute atomic E-state index is 5.75. The predicted octanol–water partition coefficient (Wildman–Crippen LogP) is 3.91. The van der Waals surface area contributed by atoms with Gasteiger partial charge in [-0.3, -0.25) is 0 Å². The third kappa shape index (κ3) is 3.80. The first-order chi connectivity index (χ1) is 7.69. The molecular weight excluding hydrogens is 266 g/mol. The number of benzene rings is 1. The Kier molecular flexibility index (Phi) is 5.85.